The molecule has 0 aromatic heterocycles. The van der Waals surface area contributed by atoms with Crippen molar-refractivity contribution in [1.82, 2.24) is 10.4 Å². The van der Waals surface area contributed by atoms with Gasteiger partial charge in [-0.2, -0.15) is 0 Å². The van der Waals surface area contributed by atoms with Gasteiger partial charge in [0.2, 0.25) is 5.91 Å². The van der Waals surface area contributed by atoms with Crippen molar-refractivity contribution in [1.29, 1.82) is 0 Å². The van der Waals surface area contributed by atoms with Gasteiger partial charge in [0.1, 0.15) is 0 Å². The van der Waals surface area contributed by atoms with E-state index in [1.165, 1.54) is 5.56 Å². The zero-order chi connectivity index (χ0) is 17.2. The number of carbonyl (C=O) groups is 2. The summed E-state index contributed by atoms with van der Waals surface area (Å²) < 4.78 is 5.07. The first-order chi connectivity index (χ1) is 11.6. The summed E-state index contributed by atoms with van der Waals surface area (Å²) in [5, 5.41) is 8.81. The van der Waals surface area contributed by atoms with E-state index in [0.717, 1.165) is 44.3 Å². The fourth-order valence-corrected chi connectivity index (χ4v) is 4.00. The van der Waals surface area contributed by atoms with Crippen LogP contribution in [-0.2, 0) is 22.4 Å². The minimum absolute atomic E-state index is 0.0224. The molecular weight excluding hydrogens is 308 g/mol. The zero-order valence-electron chi connectivity index (χ0n) is 14.0. The molecular formula is C18H24N2O4. The number of ether oxygens (including phenoxy) is 1. The summed E-state index contributed by atoms with van der Waals surface area (Å²) in [5.74, 6) is -0.278. The van der Waals surface area contributed by atoms with E-state index in [-0.39, 0.29) is 11.3 Å². The topological polar surface area (TPSA) is 78.9 Å². The molecule has 2 amide bonds. The zero-order valence-corrected chi connectivity index (χ0v) is 14.0. The van der Waals surface area contributed by atoms with Gasteiger partial charge in [-0.15, -0.1) is 0 Å². The van der Waals surface area contributed by atoms with Crippen molar-refractivity contribution >= 4 is 11.8 Å². The van der Waals surface area contributed by atoms with Crippen molar-refractivity contribution in [2.75, 3.05) is 26.8 Å². The molecule has 1 aliphatic carbocycles. The van der Waals surface area contributed by atoms with Crippen molar-refractivity contribution in [3.05, 3.63) is 34.9 Å². The molecule has 1 aromatic carbocycles. The summed E-state index contributed by atoms with van der Waals surface area (Å²) in [7, 11) is 1.67. The van der Waals surface area contributed by atoms with Gasteiger partial charge < -0.3 is 9.64 Å². The Kier molecular flexibility index (Phi) is 4.87. The Labute approximate surface area is 141 Å². The van der Waals surface area contributed by atoms with Gasteiger partial charge in [-0.05, 0) is 48.9 Å². The third-order valence-corrected chi connectivity index (χ3v) is 5.24. The third kappa shape index (κ3) is 3.30. The second kappa shape index (κ2) is 6.91. The number of aryl methyl sites for hydroxylation is 1. The number of hydrogen-bond donors (Lipinski definition) is 2. The smallest absolute Gasteiger partial charge is 0.274 e. The quantitative estimate of drug-likeness (QED) is 0.487. The highest BCUT2D eigenvalue weighted by molar-refractivity contribution is 5.93. The summed E-state index contributed by atoms with van der Waals surface area (Å²) in [4.78, 5) is 25.9. The van der Waals surface area contributed by atoms with Crippen LogP contribution in [0.4, 0.5) is 0 Å². The second-order valence-electron chi connectivity index (χ2n) is 6.94. The Morgan fingerprint density at radius 2 is 2.21 bits per heavy atom. The minimum atomic E-state index is -0.499. The van der Waals surface area contributed by atoms with Gasteiger partial charge >= 0.3 is 0 Å². The summed E-state index contributed by atoms with van der Waals surface area (Å²) in [6.45, 7) is 2.19. The maximum absolute atomic E-state index is 12.4. The first-order valence-electron chi connectivity index (χ1n) is 8.40. The third-order valence-electron chi connectivity index (χ3n) is 5.24. The summed E-state index contributed by atoms with van der Waals surface area (Å²) in [5.41, 5.74) is 4.47. The summed E-state index contributed by atoms with van der Waals surface area (Å²) in [6.07, 6.45) is 4.17. The van der Waals surface area contributed by atoms with Crippen molar-refractivity contribution in [2.24, 2.45) is 5.41 Å². The Hall–Kier alpha value is -1.92. The lowest BCUT2D eigenvalue weighted by molar-refractivity contribution is -0.127. The molecule has 2 N–H and O–H groups in total. The van der Waals surface area contributed by atoms with Crippen LogP contribution in [0.5, 0.6) is 0 Å². The number of hydroxylamine groups is 1. The van der Waals surface area contributed by atoms with E-state index in [1.54, 1.807) is 18.7 Å². The number of rotatable bonds is 5. The monoisotopic (exact) mass is 332 g/mol. The molecule has 24 heavy (non-hydrogen) atoms. The number of benzene rings is 1. The molecule has 6 heteroatoms. The van der Waals surface area contributed by atoms with Crippen LogP contribution < -0.4 is 5.48 Å². The van der Waals surface area contributed by atoms with Gasteiger partial charge in [-0.3, -0.25) is 14.8 Å². The van der Waals surface area contributed by atoms with Gasteiger partial charge in [0.25, 0.3) is 5.91 Å². The maximum atomic E-state index is 12.4. The van der Waals surface area contributed by atoms with E-state index in [9.17, 15) is 9.59 Å². The highest BCUT2D eigenvalue weighted by atomic mass is 16.5. The lowest BCUT2D eigenvalue weighted by Crippen LogP contribution is -2.34. The van der Waals surface area contributed by atoms with Gasteiger partial charge in [0.05, 0.1) is 0 Å². The first kappa shape index (κ1) is 16.9. The van der Waals surface area contributed by atoms with E-state index in [1.807, 2.05) is 17.0 Å². The average molecular weight is 332 g/mol. The van der Waals surface area contributed by atoms with Crippen LogP contribution in [-0.4, -0.2) is 48.7 Å². The Bertz CT molecular complexity index is 646. The van der Waals surface area contributed by atoms with Crippen LogP contribution in [0.25, 0.3) is 0 Å². The normalized spacial score (nSPS) is 22.8. The van der Waals surface area contributed by atoms with Crippen molar-refractivity contribution in [3.63, 3.8) is 0 Å². The van der Waals surface area contributed by atoms with E-state index >= 15 is 0 Å². The van der Waals surface area contributed by atoms with Crippen molar-refractivity contribution in [2.45, 2.75) is 32.1 Å². The Morgan fingerprint density at radius 3 is 2.96 bits per heavy atom. The fourth-order valence-electron chi connectivity index (χ4n) is 4.00. The number of nitrogens with one attached hydrogen (secondary N) is 1. The van der Waals surface area contributed by atoms with Gasteiger partial charge in [-0.1, -0.05) is 6.07 Å². The number of carbonyl (C=O) groups excluding carboxylic acids is 2. The Morgan fingerprint density at radius 1 is 1.38 bits per heavy atom. The standard InChI is InChI=1S/C18H24N2O4/c1-24-8-2-7-20-12-18(11-16(20)21)6-5-13-3-4-14(17(22)19-23)9-15(13)10-18/h3-4,9,23H,2,5-8,10-12H2,1H3,(H,19,22)/t18-/m1/s1. The molecule has 1 heterocycles. The minimum Gasteiger partial charge on any atom is -0.385 e. The molecule has 0 bridgehead atoms. The summed E-state index contributed by atoms with van der Waals surface area (Å²) >= 11 is 0. The highest BCUT2D eigenvalue weighted by Crippen LogP contribution is 2.43. The molecule has 1 fully saturated rings. The molecule has 1 aliphatic heterocycles. The highest BCUT2D eigenvalue weighted by Gasteiger charge is 2.44. The molecule has 1 atom stereocenters. The second-order valence-corrected chi connectivity index (χ2v) is 6.94. The molecule has 0 saturated carbocycles. The number of nitrogens with zero attached hydrogens (tertiary/aromatic N) is 1. The van der Waals surface area contributed by atoms with Crippen LogP contribution in [0.2, 0.25) is 0 Å². The first-order valence-corrected chi connectivity index (χ1v) is 8.40. The number of fused-ring (bicyclic) bond motifs is 1. The predicted octanol–water partition coefficient (Wildman–Crippen LogP) is 1.55. The fraction of sp³-hybridized carbons (Fsp3) is 0.556. The van der Waals surface area contributed by atoms with E-state index in [2.05, 4.69) is 0 Å². The summed E-state index contributed by atoms with van der Waals surface area (Å²) in [6, 6.07) is 5.54. The molecule has 2 aliphatic rings. The average Bonchev–Trinajstić information content (AvgIpc) is 2.88. The number of likely N-dealkylation sites (tertiary alicyclic amines) is 1. The molecule has 1 saturated heterocycles. The molecule has 0 unspecified atom stereocenters. The molecule has 3 rings (SSSR count). The van der Waals surface area contributed by atoms with Crippen LogP contribution in [0.3, 0.4) is 0 Å². The largest absolute Gasteiger partial charge is 0.385 e. The van der Waals surface area contributed by atoms with E-state index in [4.69, 9.17) is 9.94 Å². The predicted molar refractivity (Wildman–Crippen MR) is 87.8 cm³/mol. The van der Waals surface area contributed by atoms with Gasteiger partial charge in [0.15, 0.2) is 0 Å². The number of hydrogen-bond acceptors (Lipinski definition) is 4. The van der Waals surface area contributed by atoms with Gasteiger partial charge in [0, 0.05) is 44.2 Å². The van der Waals surface area contributed by atoms with Crippen LogP contribution in [0, 0.1) is 5.41 Å². The molecule has 1 aromatic rings. The number of amides is 2. The maximum Gasteiger partial charge on any atom is 0.274 e. The lowest BCUT2D eigenvalue weighted by atomic mass is 9.70. The van der Waals surface area contributed by atoms with E-state index < -0.39 is 5.91 Å². The van der Waals surface area contributed by atoms with Gasteiger partial charge in [-0.25, -0.2) is 5.48 Å². The SMILES string of the molecule is COCCCN1C[C@@]2(CCc3ccc(C(=O)NO)cc3C2)CC1=O. The van der Waals surface area contributed by atoms with Crippen LogP contribution in [0.15, 0.2) is 18.2 Å². The molecule has 1 spiro atoms. The van der Waals surface area contributed by atoms with E-state index in [0.29, 0.717) is 18.6 Å². The molecule has 0 radical (unpaired) electrons. The van der Waals surface area contributed by atoms with Crippen molar-refractivity contribution < 1.29 is 19.5 Å². The molecule has 6 nitrogen and oxygen atoms in total. The molecule has 130 valence electrons. The number of methoxy groups -OCH3 is 1. The Balaban J connectivity index is 1.74. The lowest BCUT2D eigenvalue weighted by Gasteiger charge is -2.34. The van der Waals surface area contributed by atoms with Crippen LogP contribution in [0.1, 0.15) is 40.7 Å². The van der Waals surface area contributed by atoms with Crippen LogP contribution >= 0.6 is 0 Å². The van der Waals surface area contributed by atoms with Crippen molar-refractivity contribution in [3.8, 4) is 0 Å².